The first kappa shape index (κ1) is 15.7. The van der Waals surface area contributed by atoms with Crippen molar-refractivity contribution < 1.29 is 22.5 Å². The number of nitro groups is 1. The van der Waals surface area contributed by atoms with E-state index >= 15 is 0 Å². The fourth-order valence-electron chi connectivity index (χ4n) is 1.78. The van der Waals surface area contributed by atoms with Crippen LogP contribution in [0.5, 0.6) is 0 Å². The largest absolute Gasteiger partial charge is 0.416 e. The summed E-state index contributed by atoms with van der Waals surface area (Å²) in [5.41, 5.74) is -0.570. The molecule has 0 saturated carbocycles. The van der Waals surface area contributed by atoms with Crippen molar-refractivity contribution in [2.75, 3.05) is 5.32 Å². The highest BCUT2D eigenvalue weighted by atomic mass is 19.4. The van der Waals surface area contributed by atoms with Gasteiger partial charge < -0.3 is 5.32 Å². The van der Waals surface area contributed by atoms with Crippen molar-refractivity contribution in [3.05, 3.63) is 69.5 Å². The predicted octanol–water partition coefficient (Wildman–Crippen LogP) is 4.36. The monoisotopic (exact) mass is 314 g/mol. The Kier molecular flexibility index (Phi) is 4.30. The Balaban J connectivity index is 2.07. The smallest absolute Gasteiger partial charge is 0.381 e. The van der Waals surface area contributed by atoms with Crippen LogP contribution in [0.25, 0.3) is 0 Å². The fraction of sp³-hybridized carbons (Fsp3) is 0.143. The van der Waals surface area contributed by atoms with E-state index in [4.69, 9.17) is 0 Å². The zero-order chi connectivity index (χ0) is 16.3. The Morgan fingerprint density at radius 3 is 2.27 bits per heavy atom. The number of nitrogens with one attached hydrogen (secondary N) is 1. The van der Waals surface area contributed by atoms with Crippen LogP contribution in [-0.4, -0.2) is 4.92 Å². The summed E-state index contributed by atoms with van der Waals surface area (Å²) in [5, 5.41) is 13.4. The molecule has 2 aromatic carbocycles. The minimum Gasteiger partial charge on any atom is -0.381 e. The second-order valence-electron chi connectivity index (χ2n) is 4.47. The maximum absolute atomic E-state index is 13.2. The molecule has 0 saturated heterocycles. The molecule has 8 heteroatoms. The van der Waals surface area contributed by atoms with Gasteiger partial charge in [0, 0.05) is 18.3 Å². The molecule has 0 unspecified atom stereocenters. The molecule has 4 nitrogen and oxygen atoms in total. The molecule has 2 aromatic rings. The predicted molar refractivity (Wildman–Crippen MR) is 71.8 cm³/mol. The molecule has 0 spiro atoms. The number of anilines is 1. The van der Waals surface area contributed by atoms with Crippen LogP contribution in [0, 0.1) is 15.9 Å². The summed E-state index contributed by atoms with van der Waals surface area (Å²) >= 11 is 0. The minimum atomic E-state index is -4.40. The Morgan fingerprint density at radius 2 is 1.73 bits per heavy atom. The van der Waals surface area contributed by atoms with Gasteiger partial charge in [0.1, 0.15) is 0 Å². The lowest BCUT2D eigenvalue weighted by atomic mass is 10.1. The number of hydrogen-bond acceptors (Lipinski definition) is 3. The van der Waals surface area contributed by atoms with Gasteiger partial charge in [0.15, 0.2) is 0 Å². The minimum absolute atomic E-state index is 0.154. The molecule has 0 fully saturated rings. The Hall–Kier alpha value is -2.64. The Morgan fingerprint density at radius 1 is 1.09 bits per heavy atom. The highest BCUT2D eigenvalue weighted by molar-refractivity contribution is 5.52. The average molecular weight is 314 g/mol. The number of benzene rings is 2. The van der Waals surface area contributed by atoms with Crippen LogP contribution in [0.1, 0.15) is 11.1 Å². The van der Waals surface area contributed by atoms with Gasteiger partial charge in [-0.25, -0.2) is 0 Å². The molecule has 0 bridgehead atoms. The van der Waals surface area contributed by atoms with E-state index in [-0.39, 0.29) is 6.54 Å². The maximum atomic E-state index is 13.2. The SMILES string of the molecule is O=[N+]([O-])c1cc(NCc2ccc(C(F)(F)F)cc2)ccc1F. The van der Waals surface area contributed by atoms with Crippen molar-refractivity contribution in [2.45, 2.75) is 12.7 Å². The third-order valence-electron chi connectivity index (χ3n) is 2.92. The van der Waals surface area contributed by atoms with Crippen molar-refractivity contribution in [1.82, 2.24) is 0 Å². The normalized spacial score (nSPS) is 11.3. The van der Waals surface area contributed by atoms with Crippen molar-refractivity contribution in [1.29, 1.82) is 0 Å². The highest BCUT2D eigenvalue weighted by Gasteiger charge is 2.29. The van der Waals surface area contributed by atoms with E-state index in [0.29, 0.717) is 11.3 Å². The Bertz CT molecular complexity index is 684. The van der Waals surface area contributed by atoms with Gasteiger partial charge in [-0.2, -0.15) is 17.6 Å². The number of nitrogens with zero attached hydrogens (tertiary/aromatic N) is 1. The summed E-state index contributed by atoms with van der Waals surface area (Å²) in [6.45, 7) is 0.154. The number of halogens is 4. The van der Waals surface area contributed by atoms with Crippen LogP contribution in [0.15, 0.2) is 42.5 Å². The molecular weight excluding hydrogens is 304 g/mol. The summed E-state index contributed by atoms with van der Waals surface area (Å²) in [6.07, 6.45) is -4.40. The second-order valence-corrected chi connectivity index (χ2v) is 4.47. The molecule has 116 valence electrons. The topological polar surface area (TPSA) is 55.2 Å². The zero-order valence-corrected chi connectivity index (χ0v) is 11.0. The summed E-state index contributed by atoms with van der Waals surface area (Å²) in [5.74, 6) is -0.954. The van der Waals surface area contributed by atoms with Crippen LogP contribution >= 0.6 is 0 Å². The molecule has 0 radical (unpaired) electrons. The van der Waals surface area contributed by atoms with E-state index in [1.807, 2.05) is 0 Å². The van der Waals surface area contributed by atoms with Gasteiger partial charge in [-0.1, -0.05) is 12.1 Å². The van der Waals surface area contributed by atoms with E-state index in [1.165, 1.54) is 18.2 Å². The Labute approximate surface area is 122 Å². The lowest BCUT2D eigenvalue weighted by Gasteiger charge is -2.09. The van der Waals surface area contributed by atoms with Gasteiger partial charge in [0.2, 0.25) is 5.82 Å². The van der Waals surface area contributed by atoms with Gasteiger partial charge in [0.05, 0.1) is 10.5 Å². The summed E-state index contributed by atoms with van der Waals surface area (Å²) in [4.78, 5) is 9.76. The van der Waals surface area contributed by atoms with Crippen molar-refractivity contribution >= 4 is 11.4 Å². The van der Waals surface area contributed by atoms with Crippen LogP contribution in [0.3, 0.4) is 0 Å². The molecule has 2 rings (SSSR count). The van der Waals surface area contributed by atoms with E-state index in [9.17, 15) is 27.7 Å². The summed E-state index contributed by atoms with van der Waals surface area (Å²) in [7, 11) is 0. The van der Waals surface area contributed by atoms with E-state index in [2.05, 4.69) is 5.32 Å². The third kappa shape index (κ3) is 3.72. The van der Waals surface area contributed by atoms with Crippen molar-refractivity contribution in [2.24, 2.45) is 0 Å². The number of rotatable bonds is 4. The molecule has 0 aliphatic rings. The van der Waals surface area contributed by atoms with Crippen molar-refractivity contribution in [3.8, 4) is 0 Å². The number of alkyl halides is 3. The highest BCUT2D eigenvalue weighted by Crippen LogP contribution is 2.29. The molecule has 0 aromatic heterocycles. The molecule has 0 aliphatic heterocycles. The molecule has 0 aliphatic carbocycles. The van der Waals surface area contributed by atoms with Crippen LogP contribution in [0.4, 0.5) is 28.9 Å². The lowest BCUT2D eigenvalue weighted by Crippen LogP contribution is -2.05. The van der Waals surface area contributed by atoms with E-state index in [1.54, 1.807) is 0 Å². The molecular formula is C14H10F4N2O2. The van der Waals surface area contributed by atoms with Crippen molar-refractivity contribution in [3.63, 3.8) is 0 Å². The lowest BCUT2D eigenvalue weighted by molar-refractivity contribution is -0.387. The van der Waals surface area contributed by atoms with Gasteiger partial charge in [-0.15, -0.1) is 0 Å². The summed E-state index contributed by atoms with van der Waals surface area (Å²) < 4.78 is 50.4. The standard InChI is InChI=1S/C14H10F4N2O2/c15-12-6-5-11(7-13(12)20(21)22)19-8-9-1-3-10(4-2-9)14(16,17)18/h1-7,19H,8H2. The zero-order valence-electron chi connectivity index (χ0n) is 11.0. The second kappa shape index (κ2) is 6.00. The van der Waals surface area contributed by atoms with Gasteiger partial charge >= 0.3 is 11.9 Å². The fourth-order valence-corrected chi connectivity index (χ4v) is 1.78. The molecule has 0 atom stereocenters. The van der Waals surface area contributed by atoms with Gasteiger partial charge in [0.25, 0.3) is 0 Å². The molecule has 0 heterocycles. The van der Waals surface area contributed by atoms with Crippen LogP contribution in [0.2, 0.25) is 0 Å². The summed E-state index contributed by atoms with van der Waals surface area (Å²) in [6, 6.07) is 7.79. The van der Waals surface area contributed by atoms with Crippen LogP contribution in [-0.2, 0) is 12.7 Å². The average Bonchev–Trinajstić information content (AvgIpc) is 2.45. The maximum Gasteiger partial charge on any atom is 0.416 e. The molecule has 1 N–H and O–H groups in total. The number of nitro benzene ring substituents is 1. The third-order valence-corrected chi connectivity index (χ3v) is 2.92. The molecule has 22 heavy (non-hydrogen) atoms. The quantitative estimate of drug-likeness (QED) is 0.518. The van der Waals surface area contributed by atoms with Gasteiger partial charge in [-0.3, -0.25) is 10.1 Å². The molecule has 0 amide bonds. The van der Waals surface area contributed by atoms with E-state index in [0.717, 1.165) is 24.3 Å². The van der Waals surface area contributed by atoms with E-state index < -0.39 is 28.2 Å². The van der Waals surface area contributed by atoms with Gasteiger partial charge in [-0.05, 0) is 29.8 Å². The first-order valence-corrected chi connectivity index (χ1v) is 6.11. The van der Waals surface area contributed by atoms with Crippen LogP contribution < -0.4 is 5.32 Å². The first-order chi connectivity index (χ1) is 10.3. The first-order valence-electron chi connectivity index (χ1n) is 6.11. The number of hydrogen-bond donors (Lipinski definition) is 1.